The van der Waals surface area contributed by atoms with Crippen LogP contribution in [0.5, 0.6) is 5.75 Å². The van der Waals surface area contributed by atoms with Crippen molar-refractivity contribution in [1.29, 1.82) is 0 Å². The van der Waals surface area contributed by atoms with Crippen LogP contribution in [0.1, 0.15) is 15.9 Å². The van der Waals surface area contributed by atoms with Gasteiger partial charge in [-0.15, -0.1) is 11.3 Å². The Kier molecular flexibility index (Phi) is 7.67. The van der Waals surface area contributed by atoms with E-state index in [2.05, 4.69) is 15.6 Å². The van der Waals surface area contributed by atoms with Gasteiger partial charge in [-0.05, 0) is 60.2 Å². The number of anilines is 1. The number of amides is 1. The van der Waals surface area contributed by atoms with Crippen LogP contribution in [0, 0.1) is 0 Å². The molecule has 0 aliphatic heterocycles. The number of benzene rings is 4. The summed E-state index contributed by atoms with van der Waals surface area (Å²) in [5.41, 5.74) is 3.55. The van der Waals surface area contributed by atoms with Gasteiger partial charge in [-0.2, -0.15) is 0 Å². The van der Waals surface area contributed by atoms with Crippen LogP contribution in [-0.2, 0) is 6.61 Å². The summed E-state index contributed by atoms with van der Waals surface area (Å²) in [4.78, 5) is 17.5. The third kappa shape index (κ3) is 6.09. The standard InChI is InChI=1S/C28H19Cl2N3O2S2/c29-21-15-22(30)24(14-20(21)27-31-23-11-4-5-12-25(23)37-27)32-28(36)33-26(34)18-9-6-10-19(13-18)35-16-17-7-2-1-3-8-17/h1-15H,16H2,(H2,32,33,34,36). The van der Waals surface area contributed by atoms with E-state index < -0.39 is 0 Å². The number of aromatic nitrogens is 1. The number of para-hydroxylation sites is 1. The Morgan fingerprint density at radius 3 is 2.51 bits per heavy atom. The summed E-state index contributed by atoms with van der Waals surface area (Å²) in [7, 11) is 0. The summed E-state index contributed by atoms with van der Waals surface area (Å²) in [5.74, 6) is 0.204. The maximum Gasteiger partial charge on any atom is 0.257 e. The first-order valence-corrected chi connectivity index (χ1v) is 13.2. The molecule has 0 atom stereocenters. The predicted octanol–water partition coefficient (Wildman–Crippen LogP) is 7.98. The van der Waals surface area contributed by atoms with Crippen LogP contribution >= 0.6 is 46.8 Å². The Labute approximate surface area is 233 Å². The fourth-order valence-electron chi connectivity index (χ4n) is 3.59. The SMILES string of the molecule is O=C(NC(=S)Nc1cc(-c2nc3ccccc3s2)c(Cl)cc1Cl)c1cccc(OCc2ccccc2)c1. The Morgan fingerprint density at radius 2 is 1.70 bits per heavy atom. The van der Waals surface area contributed by atoms with Crippen molar-refractivity contribution in [1.82, 2.24) is 10.3 Å². The summed E-state index contributed by atoms with van der Waals surface area (Å²) in [6, 6.07) is 28.0. The van der Waals surface area contributed by atoms with E-state index >= 15 is 0 Å². The molecule has 4 aromatic carbocycles. The molecule has 37 heavy (non-hydrogen) atoms. The molecule has 0 spiro atoms. The molecule has 0 saturated heterocycles. The summed E-state index contributed by atoms with van der Waals surface area (Å²) in [6.07, 6.45) is 0. The predicted molar refractivity (Wildman–Crippen MR) is 156 cm³/mol. The molecule has 9 heteroatoms. The molecule has 5 rings (SSSR count). The van der Waals surface area contributed by atoms with Gasteiger partial charge in [0.25, 0.3) is 5.91 Å². The Hall–Kier alpha value is -3.49. The largest absolute Gasteiger partial charge is 0.489 e. The lowest BCUT2D eigenvalue weighted by molar-refractivity contribution is 0.0977. The van der Waals surface area contributed by atoms with Crippen molar-refractivity contribution in [2.75, 3.05) is 5.32 Å². The third-order valence-electron chi connectivity index (χ3n) is 5.40. The van der Waals surface area contributed by atoms with Crippen molar-refractivity contribution in [3.8, 4) is 16.3 Å². The Morgan fingerprint density at radius 1 is 0.919 bits per heavy atom. The molecular formula is C28H19Cl2N3O2S2. The topological polar surface area (TPSA) is 63.2 Å². The number of fused-ring (bicyclic) bond motifs is 1. The second-order valence-electron chi connectivity index (χ2n) is 8.01. The highest BCUT2D eigenvalue weighted by Gasteiger charge is 2.15. The summed E-state index contributed by atoms with van der Waals surface area (Å²) < 4.78 is 6.88. The lowest BCUT2D eigenvalue weighted by Gasteiger charge is -2.13. The highest BCUT2D eigenvalue weighted by molar-refractivity contribution is 7.80. The highest BCUT2D eigenvalue weighted by Crippen LogP contribution is 2.38. The summed E-state index contributed by atoms with van der Waals surface area (Å²) in [5, 5.41) is 7.38. The smallest absolute Gasteiger partial charge is 0.257 e. The number of thiocarbonyl (C=S) groups is 1. The Balaban J connectivity index is 1.27. The van der Waals surface area contributed by atoms with Gasteiger partial charge in [-0.25, -0.2) is 4.98 Å². The van der Waals surface area contributed by atoms with Gasteiger partial charge < -0.3 is 10.1 Å². The van der Waals surface area contributed by atoms with Gasteiger partial charge in [0.1, 0.15) is 17.4 Å². The molecule has 0 bridgehead atoms. The number of hydrogen-bond acceptors (Lipinski definition) is 5. The molecule has 1 amide bonds. The molecule has 0 aliphatic carbocycles. The van der Waals surface area contributed by atoms with Crippen molar-refractivity contribution >= 4 is 73.7 Å². The minimum Gasteiger partial charge on any atom is -0.489 e. The van der Waals surface area contributed by atoms with Crippen LogP contribution in [0.15, 0.2) is 91.0 Å². The number of hydrogen-bond donors (Lipinski definition) is 2. The van der Waals surface area contributed by atoms with E-state index in [9.17, 15) is 4.79 Å². The molecule has 1 aromatic heterocycles. The van der Waals surface area contributed by atoms with E-state index in [1.54, 1.807) is 36.4 Å². The van der Waals surface area contributed by atoms with Gasteiger partial charge >= 0.3 is 0 Å². The first-order chi connectivity index (χ1) is 18.0. The molecule has 0 saturated carbocycles. The van der Waals surface area contributed by atoms with Crippen molar-refractivity contribution in [3.63, 3.8) is 0 Å². The second kappa shape index (κ2) is 11.3. The first kappa shape index (κ1) is 25.2. The number of rotatable bonds is 6. The molecular weight excluding hydrogens is 545 g/mol. The van der Waals surface area contributed by atoms with E-state index in [1.807, 2.05) is 54.6 Å². The van der Waals surface area contributed by atoms with Crippen molar-refractivity contribution in [3.05, 3.63) is 112 Å². The van der Waals surface area contributed by atoms with Crippen LogP contribution in [0.25, 0.3) is 20.8 Å². The van der Waals surface area contributed by atoms with E-state index in [0.29, 0.717) is 39.2 Å². The molecule has 0 unspecified atom stereocenters. The monoisotopic (exact) mass is 563 g/mol. The average Bonchev–Trinajstić information content (AvgIpc) is 3.34. The quantitative estimate of drug-likeness (QED) is 0.205. The summed E-state index contributed by atoms with van der Waals surface area (Å²) in [6.45, 7) is 0.401. The molecule has 5 aromatic rings. The second-order valence-corrected chi connectivity index (χ2v) is 10.3. The number of nitrogens with zero attached hydrogens (tertiary/aromatic N) is 1. The fourth-order valence-corrected chi connectivity index (χ4v) is 5.37. The zero-order chi connectivity index (χ0) is 25.8. The van der Waals surface area contributed by atoms with Crippen LogP contribution in [0.2, 0.25) is 10.0 Å². The van der Waals surface area contributed by atoms with Crippen LogP contribution in [0.3, 0.4) is 0 Å². The highest BCUT2D eigenvalue weighted by atomic mass is 35.5. The fraction of sp³-hybridized carbons (Fsp3) is 0.0357. The third-order valence-corrected chi connectivity index (χ3v) is 7.30. The van der Waals surface area contributed by atoms with Crippen molar-refractivity contribution < 1.29 is 9.53 Å². The zero-order valence-electron chi connectivity index (χ0n) is 19.2. The van der Waals surface area contributed by atoms with Crippen LogP contribution in [-0.4, -0.2) is 16.0 Å². The number of halogens is 2. The van der Waals surface area contributed by atoms with Gasteiger partial charge in [0.2, 0.25) is 0 Å². The number of nitrogens with one attached hydrogen (secondary N) is 2. The first-order valence-electron chi connectivity index (χ1n) is 11.2. The maximum atomic E-state index is 12.8. The minimum absolute atomic E-state index is 0.0973. The maximum absolute atomic E-state index is 12.8. The normalized spacial score (nSPS) is 10.8. The molecule has 0 fully saturated rings. The van der Waals surface area contributed by atoms with E-state index in [4.69, 9.17) is 40.2 Å². The zero-order valence-corrected chi connectivity index (χ0v) is 22.3. The molecule has 2 N–H and O–H groups in total. The average molecular weight is 565 g/mol. The van der Waals surface area contributed by atoms with E-state index in [1.165, 1.54) is 11.3 Å². The van der Waals surface area contributed by atoms with E-state index in [-0.39, 0.29) is 11.0 Å². The number of ether oxygens (including phenoxy) is 1. The number of carbonyl (C=O) groups is 1. The van der Waals surface area contributed by atoms with Gasteiger partial charge in [0.05, 0.1) is 25.9 Å². The lowest BCUT2D eigenvalue weighted by Crippen LogP contribution is -2.34. The molecule has 5 nitrogen and oxygen atoms in total. The summed E-state index contributed by atoms with van der Waals surface area (Å²) >= 11 is 19.8. The molecule has 0 aliphatic rings. The minimum atomic E-state index is -0.376. The lowest BCUT2D eigenvalue weighted by atomic mass is 10.2. The van der Waals surface area contributed by atoms with Crippen LogP contribution < -0.4 is 15.4 Å². The molecule has 1 heterocycles. The van der Waals surface area contributed by atoms with Gasteiger partial charge in [0, 0.05) is 11.1 Å². The number of thiazole rings is 1. The van der Waals surface area contributed by atoms with Gasteiger partial charge in [-0.1, -0.05) is 71.7 Å². The number of carbonyl (C=O) groups excluding carboxylic acids is 1. The van der Waals surface area contributed by atoms with Crippen molar-refractivity contribution in [2.24, 2.45) is 0 Å². The molecule has 0 radical (unpaired) electrons. The van der Waals surface area contributed by atoms with E-state index in [0.717, 1.165) is 20.8 Å². The van der Waals surface area contributed by atoms with Gasteiger partial charge in [-0.3, -0.25) is 10.1 Å². The van der Waals surface area contributed by atoms with Crippen LogP contribution in [0.4, 0.5) is 5.69 Å². The molecule has 184 valence electrons. The van der Waals surface area contributed by atoms with Gasteiger partial charge in [0.15, 0.2) is 5.11 Å². The van der Waals surface area contributed by atoms with Crippen molar-refractivity contribution in [2.45, 2.75) is 6.61 Å². The Bertz CT molecular complexity index is 1570.